The van der Waals surface area contributed by atoms with Crippen molar-refractivity contribution >= 4 is 11.9 Å². The van der Waals surface area contributed by atoms with Gasteiger partial charge in [0, 0.05) is 0 Å². The number of benzene rings is 1. The molecule has 0 N–H and O–H groups in total. The summed E-state index contributed by atoms with van der Waals surface area (Å²) in [6.45, 7) is 8.35. The number of hydrogen-bond donors (Lipinski definition) is 0. The van der Waals surface area contributed by atoms with Crippen molar-refractivity contribution in [2.75, 3.05) is 13.2 Å². The molecule has 116 valence electrons. The van der Waals surface area contributed by atoms with Crippen molar-refractivity contribution in [2.24, 2.45) is 0 Å². The standard InChI is InChI=1S/C17H24O4/c1-5-8-9-21-17(19)14-10-12(4)13(6-2)11-15(14)16(18)20-7-3/h10-11H,5-9H2,1-4H3. The molecule has 1 aromatic rings. The van der Waals surface area contributed by atoms with Gasteiger partial charge in [0.1, 0.15) is 0 Å². The lowest BCUT2D eigenvalue weighted by atomic mass is 9.97. The molecule has 4 heteroatoms. The molecule has 0 saturated carbocycles. The van der Waals surface area contributed by atoms with Crippen LogP contribution in [0, 0.1) is 6.92 Å². The Balaban J connectivity index is 3.12. The highest BCUT2D eigenvalue weighted by atomic mass is 16.5. The van der Waals surface area contributed by atoms with Crippen molar-refractivity contribution in [2.45, 2.75) is 47.0 Å². The summed E-state index contributed by atoms with van der Waals surface area (Å²) >= 11 is 0. The largest absolute Gasteiger partial charge is 0.462 e. The molecule has 21 heavy (non-hydrogen) atoms. The third-order valence-corrected chi connectivity index (χ3v) is 3.30. The molecule has 0 spiro atoms. The summed E-state index contributed by atoms with van der Waals surface area (Å²) in [6.07, 6.45) is 2.56. The fourth-order valence-corrected chi connectivity index (χ4v) is 2.07. The van der Waals surface area contributed by atoms with Gasteiger partial charge in [-0.3, -0.25) is 0 Å². The second-order valence-corrected chi connectivity index (χ2v) is 4.89. The normalized spacial score (nSPS) is 10.3. The van der Waals surface area contributed by atoms with E-state index in [4.69, 9.17) is 9.47 Å². The summed E-state index contributed by atoms with van der Waals surface area (Å²) in [5.74, 6) is -0.938. The van der Waals surface area contributed by atoms with Crippen molar-refractivity contribution in [1.82, 2.24) is 0 Å². The molecule has 0 amide bonds. The van der Waals surface area contributed by atoms with Crippen LogP contribution in [0.2, 0.25) is 0 Å². The first-order valence-electron chi connectivity index (χ1n) is 7.52. The molecule has 0 radical (unpaired) electrons. The molecule has 0 fully saturated rings. The van der Waals surface area contributed by atoms with Gasteiger partial charge in [-0.1, -0.05) is 20.3 Å². The predicted octanol–water partition coefficient (Wildman–Crippen LogP) is 3.69. The zero-order chi connectivity index (χ0) is 15.8. The number of esters is 2. The number of carbonyl (C=O) groups is 2. The molecular weight excluding hydrogens is 268 g/mol. The molecular formula is C17H24O4. The Kier molecular flexibility index (Phi) is 6.92. The van der Waals surface area contributed by atoms with Crippen LogP contribution in [-0.4, -0.2) is 25.2 Å². The Morgan fingerprint density at radius 3 is 2.19 bits per heavy atom. The van der Waals surface area contributed by atoms with Gasteiger partial charge in [0.2, 0.25) is 0 Å². The second kappa shape index (κ2) is 8.45. The molecule has 1 aromatic carbocycles. The van der Waals surface area contributed by atoms with Gasteiger partial charge < -0.3 is 9.47 Å². The van der Waals surface area contributed by atoms with E-state index < -0.39 is 11.9 Å². The predicted molar refractivity (Wildman–Crippen MR) is 81.7 cm³/mol. The number of ether oxygens (including phenoxy) is 2. The van der Waals surface area contributed by atoms with Gasteiger partial charge in [0.05, 0.1) is 24.3 Å². The lowest BCUT2D eigenvalue weighted by Crippen LogP contribution is -2.15. The summed E-state index contributed by atoms with van der Waals surface area (Å²) in [4.78, 5) is 24.2. The van der Waals surface area contributed by atoms with E-state index >= 15 is 0 Å². The van der Waals surface area contributed by atoms with E-state index in [0.29, 0.717) is 17.7 Å². The van der Waals surface area contributed by atoms with Crippen molar-refractivity contribution < 1.29 is 19.1 Å². The molecule has 0 aliphatic heterocycles. The van der Waals surface area contributed by atoms with Gasteiger partial charge in [-0.05, 0) is 49.9 Å². The van der Waals surface area contributed by atoms with Gasteiger partial charge in [0.25, 0.3) is 0 Å². The lowest BCUT2D eigenvalue weighted by molar-refractivity contribution is 0.0463. The van der Waals surface area contributed by atoms with Crippen LogP contribution < -0.4 is 0 Å². The average molecular weight is 292 g/mol. The van der Waals surface area contributed by atoms with E-state index in [1.165, 1.54) is 0 Å². The molecule has 0 atom stereocenters. The van der Waals surface area contributed by atoms with Crippen LogP contribution in [0.3, 0.4) is 0 Å². The molecule has 4 nitrogen and oxygen atoms in total. The molecule has 0 aliphatic rings. The van der Waals surface area contributed by atoms with Gasteiger partial charge in [-0.2, -0.15) is 0 Å². The zero-order valence-electron chi connectivity index (χ0n) is 13.3. The number of hydrogen-bond acceptors (Lipinski definition) is 4. The molecule has 0 heterocycles. The zero-order valence-corrected chi connectivity index (χ0v) is 13.3. The van der Waals surface area contributed by atoms with Crippen LogP contribution in [0.4, 0.5) is 0 Å². The van der Waals surface area contributed by atoms with Crippen molar-refractivity contribution in [3.8, 4) is 0 Å². The average Bonchev–Trinajstić information content (AvgIpc) is 2.47. The molecule has 0 aliphatic carbocycles. The maximum Gasteiger partial charge on any atom is 0.339 e. The number of unbranched alkanes of at least 4 members (excludes halogenated alkanes) is 1. The highest BCUT2D eigenvalue weighted by Gasteiger charge is 2.21. The minimum absolute atomic E-state index is 0.276. The second-order valence-electron chi connectivity index (χ2n) is 4.89. The molecule has 0 unspecified atom stereocenters. The van der Waals surface area contributed by atoms with Crippen molar-refractivity contribution in [3.63, 3.8) is 0 Å². The quantitative estimate of drug-likeness (QED) is 0.568. The van der Waals surface area contributed by atoms with Crippen molar-refractivity contribution in [3.05, 3.63) is 34.4 Å². The minimum Gasteiger partial charge on any atom is -0.462 e. The van der Waals surface area contributed by atoms with E-state index in [-0.39, 0.29) is 6.61 Å². The minimum atomic E-state index is -0.477. The monoisotopic (exact) mass is 292 g/mol. The third kappa shape index (κ3) is 4.59. The Bertz CT molecular complexity index is 506. The molecule has 0 bridgehead atoms. The van der Waals surface area contributed by atoms with Crippen LogP contribution in [0.25, 0.3) is 0 Å². The SMILES string of the molecule is CCCCOC(=O)c1cc(C)c(CC)cc1C(=O)OCC. The van der Waals surface area contributed by atoms with Crippen molar-refractivity contribution in [1.29, 1.82) is 0 Å². The highest BCUT2D eigenvalue weighted by Crippen LogP contribution is 2.19. The lowest BCUT2D eigenvalue weighted by Gasteiger charge is -2.12. The Hall–Kier alpha value is -1.84. The first kappa shape index (κ1) is 17.2. The van der Waals surface area contributed by atoms with Crippen LogP contribution in [0.1, 0.15) is 65.5 Å². The molecule has 0 aromatic heterocycles. The Labute approximate surface area is 126 Å². The van der Waals surface area contributed by atoms with E-state index in [0.717, 1.165) is 30.4 Å². The van der Waals surface area contributed by atoms with Crippen LogP contribution in [0.15, 0.2) is 12.1 Å². The number of aryl methyl sites for hydroxylation is 2. The van der Waals surface area contributed by atoms with Gasteiger partial charge in [-0.15, -0.1) is 0 Å². The van der Waals surface area contributed by atoms with Crippen LogP contribution in [0.5, 0.6) is 0 Å². The summed E-state index contributed by atoms with van der Waals surface area (Å²) in [7, 11) is 0. The number of carbonyl (C=O) groups excluding carboxylic acids is 2. The molecule has 0 saturated heterocycles. The van der Waals surface area contributed by atoms with Crippen LogP contribution >= 0.6 is 0 Å². The Morgan fingerprint density at radius 1 is 1.00 bits per heavy atom. The summed E-state index contributed by atoms with van der Waals surface area (Å²) < 4.78 is 10.3. The summed E-state index contributed by atoms with van der Waals surface area (Å²) in [6, 6.07) is 3.46. The summed E-state index contributed by atoms with van der Waals surface area (Å²) in [5.41, 5.74) is 2.59. The topological polar surface area (TPSA) is 52.6 Å². The molecule has 1 rings (SSSR count). The first-order chi connectivity index (χ1) is 10.0. The highest BCUT2D eigenvalue weighted by molar-refractivity contribution is 6.03. The fourth-order valence-electron chi connectivity index (χ4n) is 2.07. The van der Waals surface area contributed by atoms with Gasteiger partial charge in [0.15, 0.2) is 0 Å². The maximum atomic E-state index is 12.2. The fraction of sp³-hybridized carbons (Fsp3) is 0.529. The van der Waals surface area contributed by atoms with E-state index in [1.54, 1.807) is 19.1 Å². The first-order valence-corrected chi connectivity index (χ1v) is 7.52. The smallest absolute Gasteiger partial charge is 0.339 e. The Morgan fingerprint density at radius 2 is 1.62 bits per heavy atom. The third-order valence-electron chi connectivity index (χ3n) is 3.30. The van der Waals surface area contributed by atoms with Gasteiger partial charge >= 0.3 is 11.9 Å². The van der Waals surface area contributed by atoms with E-state index in [9.17, 15) is 9.59 Å². The van der Waals surface area contributed by atoms with Crippen LogP contribution in [-0.2, 0) is 15.9 Å². The van der Waals surface area contributed by atoms with E-state index in [2.05, 4.69) is 0 Å². The van der Waals surface area contributed by atoms with E-state index in [1.807, 2.05) is 20.8 Å². The maximum absolute atomic E-state index is 12.2. The van der Waals surface area contributed by atoms with Gasteiger partial charge in [-0.25, -0.2) is 9.59 Å². The number of rotatable bonds is 7. The summed E-state index contributed by atoms with van der Waals surface area (Å²) in [5, 5.41) is 0.